The van der Waals surface area contributed by atoms with Gasteiger partial charge in [0.25, 0.3) is 0 Å². The average molecular weight is 168 g/mol. The van der Waals surface area contributed by atoms with Crippen LogP contribution in [0.2, 0.25) is 0 Å². The molecule has 2 unspecified atom stereocenters. The molecule has 1 heterocycles. The van der Waals surface area contributed by atoms with Crippen molar-refractivity contribution >= 4 is 0 Å². The highest BCUT2D eigenvalue weighted by atomic mass is 15.4. The van der Waals surface area contributed by atoms with Crippen molar-refractivity contribution in [3.8, 4) is 0 Å². The van der Waals surface area contributed by atoms with Gasteiger partial charge in [0.1, 0.15) is 0 Å². The maximum Gasteiger partial charge on any atom is 0.0388 e. The first kappa shape index (κ1) is 10.0. The number of hydrogen-bond acceptors (Lipinski definition) is 1. The Morgan fingerprint density at radius 1 is 1.25 bits per heavy atom. The van der Waals surface area contributed by atoms with Crippen LogP contribution in [0.25, 0.3) is 0 Å². The van der Waals surface area contributed by atoms with E-state index in [1.54, 1.807) is 0 Å². The summed E-state index contributed by atoms with van der Waals surface area (Å²) in [5, 5.41) is 0. The molecule has 0 amide bonds. The van der Waals surface area contributed by atoms with Gasteiger partial charge in [-0.05, 0) is 33.1 Å². The molecule has 0 aromatic rings. The molecule has 12 heavy (non-hydrogen) atoms. The van der Waals surface area contributed by atoms with E-state index in [2.05, 4.69) is 52.9 Å². The second kappa shape index (κ2) is 2.73. The van der Waals surface area contributed by atoms with Crippen LogP contribution < -0.4 is 0 Å². The predicted octanol–water partition coefficient (Wildman–Crippen LogP) is 2.72. The van der Waals surface area contributed by atoms with Gasteiger partial charge in [0.2, 0.25) is 0 Å². The fraction of sp³-hybridized carbons (Fsp3) is 0.909. The normalized spacial score (nSPS) is 38.8. The molecule has 1 aliphatic heterocycles. The predicted molar refractivity (Wildman–Crippen MR) is 54.0 cm³/mol. The molecule has 1 rings (SSSR count). The monoisotopic (exact) mass is 168 g/mol. The van der Waals surface area contributed by atoms with Crippen LogP contribution in [-0.2, 0) is 0 Å². The molecule has 0 N–H and O–H groups in total. The van der Waals surface area contributed by atoms with Crippen molar-refractivity contribution < 1.29 is 0 Å². The minimum atomic E-state index is 0.397. The second-order valence-electron chi connectivity index (χ2n) is 4.88. The molecule has 0 aromatic carbocycles. The van der Waals surface area contributed by atoms with E-state index in [1.807, 2.05) is 0 Å². The first-order valence-corrected chi connectivity index (χ1v) is 4.94. The zero-order chi connectivity index (χ0) is 9.57. The molecule has 1 nitrogen and oxygen atoms in total. The van der Waals surface area contributed by atoms with Gasteiger partial charge in [0, 0.05) is 17.6 Å². The SMILES string of the molecule is C[CH]CN1C(C)(C)C1(C)C(C)C. The number of rotatable bonds is 3. The Labute approximate surface area is 77.1 Å². The first-order valence-electron chi connectivity index (χ1n) is 4.94. The molecule has 1 fully saturated rings. The molecule has 0 bridgehead atoms. The summed E-state index contributed by atoms with van der Waals surface area (Å²) in [5.41, 5.74) is 0.813. The summed E-state index contributed by atoms with van der Waals surface area (Å²) >= 11 is 0. The standard InChI is InChI=1S/C11H22N/c1-7-8-12-10(4,5)11(12,6)9(2)3/h7,9H,8H2,1-6H3. The third-order valence-corrected chi connectivity index (χ3v) is 3.91. The van der Waals surface area contributed by atoms with E-state index < -0.39 is 0 Å². The van der Waals surface area contributed by atoms with Gasteiger partial charge in [-0.2, -0.15) is 0 Å². The van der Waals surface area contributed by atoms with Gasteiger partial charge in [-0.3, -0.25) is 4.90 Å². The Hall–Kier alpha value is -0.0400. The average Bonchev–Trinajstić information content (AvgIpc) is 2.36. The van der Waals surface area contributed by atoms with Gasteiger partial charge < -0.3 is 0 Å². The fourth-order valence-corrected chi connectivity index (χ4v) is 2.49. The molecule has 2 atom stereocenters. The van der Waals surface area contributed by atoms with Crippen LogP contribution in [0.3, 0.4) is 0 Å². The van der Waals surface area contributed by atoms with Gasteiger partial charge in [0.15, 0.2) is 0 Å². The largest absolute Gasteiger partial charge is 0.289 e. The third-order valence-electron chi connectivity index (χ3n) is 3.91. The Balaban J connectivity index is 2.70. The highest BCUT2D eigenvalue weighted by Crippen LogP contribution is 2.55. The summed E-state index contributed by atoms with van der Waals surface area (Å²) in [6.07, 6.45) is 2.25. The minimum Gasteiger partial charge on any atom is -0.289 e. The van der Waals surface area contributed by atoms with Crippen LogP contribution in [0.5, 0.6) is 0 Å². The van der Waals surface area contributed by atoms with Crippen molar-refractivity contribution in [2.24, 2.45) is 5.92 Å². The van der Waals surface area contributed by atoms with Crippen LogP contribution in [0.15, 0.2) is 0 Å². The maximum atomic E-state index is 2.57. The van der Waals surface area contributed by atoms with E-state index in [-0.39, 0.29) is 0 Å². The lowest BCUT2D eigenvalue weighted by molar-refractivity contribution is 0.361. The summed E-state index contributed by atoms with van der Waals surface area (Å²) in [5.74, 6) is 0.743. The lowest BCUT2D eigenvalue weighted by Crippen LogP contribution is -2.24. The summed E-state index contributed by atoms with van der Waals surface area (Å²) in [6.45, 7) is 15.0. The number of hydrogen-bond donors (Lipinski definition) is 0. The Morgan fingerprint density at radius 3 is 2.00 bits per heavy atom. The summed E-state index contributed by atoms with van der Waals surface area (Å²) < 4.78 is 0. The zero-order valence-electron chi connectivity index (χ0n) is 9.31. The summed E-state index contributed by atoms with van der Waals surface area (Å²) in [6, 6.07) is 0. The first-order chi connectivity index (χ1) is 5.39. The lowest BCUT2D eigenvalue weighted by atomic mass is 9.87. The van der Waals surface area contributed by atoms with Crippen LogP contribution >= 0.6 is 0 Å². The maximum absolute atomic E-state index is 2.57. The van der Waals surface area contributed by atoms with Crippen molar-refractivity contribution in [1.82, 2.24) is 4.90 Å². The number of nitrogens with zero attached hydrogens (tertiary/aromatic N) is 1. The molecule has 1 heteroatoms. The van der Waals surface area contributed by atoms with Crippen molar-refractivity contribution in [3.05, 3.63) is 6.42 Å². The van der Waals surface area contributed by atoms with Crippen molar-refractivity contribution in [3.63, 3.8) is 0 Å². The Kier molecular flexibility index (Phi) is 2.28. The highest BCUT2D eigenvalue weighted by molar-refractivity contribution is 5.23. The van der Waals surface area contributed by atoms with Crippen LogP contribution in [0, 0.1) is 12.3 Å². The lowest BCUT2D eigenvalue weighted by Gasteiger charge is -2.16. The van der Waals surface area contributed by atoms with E-state index in [1.165, 1.54) is 0 Å². The van der Waals surface area contributed by atoms with Crippen molar-refractivity contribution in [1.29, 1.82) is 0 Å². The van der Waals surface area contributed by atoms with E-state index >= 15 is 0 Å². The molecule has 0 aromatic heterocycles. The quantitative estimate of drug-likeness (QED) is 0.586. The zero-order valence-corrected chi connectivity index (χ0v) is 9.31. The molecule has 1 radical (unpaired) electrons. The molecule has 1 saturated heterocycles. The second-order valence-corrected chi connectivity index (χ2v) is 4.88. The molecule has 0 saturated carbocycles. The van der Waals surface area contributed by atoms with Gasteiger partial charge in [0.05, 0.1) is 0 Å². The Bertz CT molecular complexity index is 172. The van der Waals surface area contributed by atoms with Crippen LogP contribution in [-0.4, -0.2) is 22.5 Å². The molecular formula is C11H22N. The van der Waals surface area contributed by atoms with Crippen LogP contribution in [0.1, 0.15) is 41.5 Å². The van der Waals surface area contributed by atoms with Crippen molar-refractivity contribution in [2.45, 2.75) is 52.6 Å². The summed E-state index contributed by atoms with van der Waals surface area (Å²) in [4.78, 5) is 2.57. The third kappa shape index (κ3) is 1.02. The van der Waals surface area contributed by atoms with Crippen LogP contribution in [0.4, 0.5) is 0 Å². The topological polar surface area (TPSA) is 3.01 Å². The van der Waals surface area contributed by atoms with Gasteiger partial charge in [-0.1, -0.05) is 20.8 Å². The summed E-state index contributed by atoms with van der Waals surface area (Å²) in [7, 11) is 0. The Morgan fingerprint density at radius 2 is 1.75 bits per heavy atom. The fourth-order valence-electron chi connectivity index (χ4n) is 2.49. The molecule has 1 aliphatic rings. The smallest absolute Gasteiger partial charge is 0.0388 e. The van der Waals surface area contributed by atoms with Gasteiger partial charge in [-0.25, -0.2) is 0 Å². The molecule has 0 spiro atoms. The molecule has 0 aliphatic carbocycles. The molecule has 71 valence electrons. The highest BCUT2D eigenvalue weighted by Gasteiger charge is 2.66. The van der Waals surface area contributed by atoms with E-state index in [0.717, 1.165) is 12.5 Å². The van der Waals surface area contributed by atoms with Gasteiger partial charge in [-0.15, -0.1) is 0 Å². The van der Waals surface area contributed by atoms with Crippen molar-refractivity contribution in [2.75, 3.05) is 6.54 Å². The minimum absolute atomic E-state index is 0.397. The van der Waals surface area contributed by atoms with E-state index in [4.69, 9.17) is 0 Å². The van der Waals surface area contributed by atoms with E-state index in [9.17, 15) is 0 Å². The van der Waals surface area contributed by atoms with E-state index in [0.29, 0.717) is 11.1 Å². The van der Waals surface area contributed by atoms with Gasteiger partial charge >= 0.3 is 0 Å². The molecular weight excluding hydrogens is 146 g/mol.